The highest BCUT2D eigenvalue weighted by molar-refractivity contribution is 7.92. The topological polar surface area (TPSA) is 96.0 Å². The quantitative estimate of drug-likeness (QED) is 0.374. The first-order valence-electron chi connectivity index (χ1n) is 13.1. The summed E-state index contributed by atoms with van der Waals surface area (Å²) in [6.45, 7) is 7.05. The number of ether oxygens (including phenoxy) is 1. The largest absolute Gasteiger partial charge is 0.497 e. The smallest absolute Gasteiger partial charge is 0.244 e. The SMILES string of the molecule is COc1cccc(CN(C(=O)CN(c2ccccc2C)S(C)(=O)=O)[C@@H](Cc2ccccc2)C(=O)NC(C)(C)C)c1. The van der Waals surface area contributed by atoms with Crippen molar-refractivity contribution in [3.8, 4) is 5.75 Å². The molecule has 0 aliphatic carbocycles. The zero-order valence-electron chi connectivity index (χ0n) is 24.0. The van der Waals surface area contributed by atoms with Crippen LogP contribution in [0.15, 0.2) is 78.9 Å². The van der Waals surface area contributed by atoms with Crippen molar-refractivity contribution >= 4 is 27.5 Å². The lowest BCUT2D eigenvalue weighted by molar-refractivity contribution is -0.140. The summed E-state index contributed by atoms with van der Waals surface area (Å²) >= 11 is 0. The number of para-hydroxylation sites is 1. The van der Waals surface area contributed by atoms with E-state index in [0.717, 1.165) is 21.7 Å². The maximum Gasteiger partial charge on any atom is 0.244 e. The number of rotatable bonds is 11. The van der Waals surface area contributed by atoms with Crippen LogP contribution in [0.1, 0.15) is 37.5 Å². The third-order valence-electron chi connectivity index (χ3n) is 6.32. The van der Waals surface area contributed by atoms with E-state index in [1.165, 1.54) is 4.90 Å². The van der Waals surface area contributed by atoms with Crippen molar-refractivity contribution < 1.29 is 22.7 Å². The van der Waals surface area contributed by atoms with Crippen LogP contribution in [-0.4, -0.2) is 56.6 Å². The van der Waals surface area contributed by atoms with Gasteiger partial charge < -0.3 is 15.0 Å². The Bertz CT molecular complexity index is 1420. The monoisotopic (exact) mass is 565 g/mol. The Kier molecular flexibility index (Phi) is 9.98. The maximum atomic E-state index is 14.2. The summed E-state index contributed by atoms with van der Waals surface area (Å²) in [5.41, 5.74) is 2.20. The average Bonchev–Trinajstić information content (AvgIpc) is 2.88. The number of carbonyl (C=O) groups excluding carboxylic acids is 2. The fraction of sp³-hybridized carbons (Fsp3) is 0.355. The number of hydrogen-bond donors (Lipinski definition) is 1. The molecule has 8 nitrogen and oxygen atoms in total. The van der Waals surface area contributed by atoms with Crippen molar-refractivity contribution in [2.75, 3.05) is 24.2 Å². The number of anilines is 1. The van der Waals surface area contributed by atoms with E-state index < -0.39 is 34.1 Å². The van der Waals surface area contributed by atoms with E-state index in [-0.39, 0.29) is 18.9 Å². The molecule has 214 valence electrons. The normalized spacial score (nSPS) is 12.3. The Balaban J connectivity index is 2.10. The molecule has 1 atom stereocenters. The van der Waals surface area contributed by atoms with Gasteiger partial charge in [-0.2, -0.15) is 0 Å². The van der Waals surface area contributed by atoms with E-state index in [4.69, 9.17) is 4.74 Å². The number of hydrogen-bond acceptors (Lipinski definition) is 5. The Hall–Kier alpha value is -3.85. The zero-order valence-corrected chi connectivity index (χ0v) is 24.9. The number of benzene rings is 3. The maximum absolute atomic E-state index is 14.2. The summed E-state index contributed by atoms with van der Waals surface area (Å²) in [5, 5.41) is 3.02. The van der Waals surface area contributed by atoms with Gasteiger partial charge in [0.2, 0.25) is 21.8 Å². The van der Waals surface area contributed by atoms with Gasteiger partial charge in [-0.1, -0.05) is 60.7 Å². The lowest BCUT2D eigenvalue weighted by Crippen LogP contribution is -2.56. The van der Waals surface area contributed by atoms with Gasteiger partial charge in [-0.25, -0.2) is 8.42 Å². The van der Waals surface area contributed by atoms with E-state index in [9.17, 15) is 18.0 Å². The van der Waals surface area contributed by atoms with Crippen LogP contribution in [0.5, 0.6) is 5.75 Å². The first-order valence-corrected chi connectivity index (χ1v) is 14.9. The fourth-order valence-electron chi connectivity index (χ4n) is 4.41. The minimum absolute atomic E-state index is 0.0798. The molecule has 3 aromatic carbocycles. The van der Waals surface area contributed by atoms with Crippen molar-refractivity contribution in [1.29, 1.82) is 0 Å². The van der Waals surface area contributed by atoms with Crippen molar-refractivity contribution in [2.45, 2.75) is 52.2 Å². The fourth-order valence-corrected chi connectivity index (χ4v) is 5.32. The molecule has 0 fully saturated rings. The highest BCUT2D eigenvalue weighted by Crippen LogP contribution is 2.24. The lowest BCUT2D eigenvalue weighted by atomic mass is 10.0. The summed E-state index contributed by atoms with van der Waals surface area (Å²) in [4.78, 5) is 29.4. The standard InChI is InChI=1S/C31H39N3O5S/c1-23-13-10-11-18-27(23)34(40(6,37)38)22-29(35)33(21-25-16-12-17-26(19-25)39-5)28(30(36)32-31(2,3)4)20-24-14-8-7-9-15-24/h7-19,28H,20-22H2,1-6H3,(H,32,36)/t28-/m0/s1. The van der Waals surface area contributed by atoms with E-state index >= 15 is 0 Å². The molecule has 0 aromatic heterocycles. The molecule has 1 N–H and O–H groups in total. The molecule has 0 radical (unpaired) electrons. The Morgan fingerprint density at radius 1 is 0.925 bits per heavy atom. The number of carbonyl (C=O) groups is 2. The molecule has 3 aromatic rings. The van der Waals surface area contributed by atoms with Gasteiger partial charge in [0.05, 0.1) is 19.1 Å². The zero-order chi connectivity index (χ0) is 29.5. The van der Waals surface area contributed by atoms with Crippen LogP contribution >= 0.6 is 0 Å². The van der Waals surface area contributed by atoms with Crippen LogP contribution in [0.3, 0.4) is 0 Å². The second kappa shape index (κ2) is 13.0. The molecular weight excluding hydrogens is 526 g/mol. The highest BCUT2D eigenvalue weighted by Gasteiger charge is 2.34. The van der Waals surface area contributed by atoms with E-state index in [0.29, 0.717) is 17.0 Å². The first-order chi connectivity index (χ1) is 18.8. The van der Waals surface area contributed by atoms with Crippen molar-refractivity contribution in [1.82, 2.24) is 10.2 Å². The lowest BCUT2D eigenvalue weighted by Gasteiger charge is -2.35. The highest BCUT2D eigenvalue weighted by atomic mass is 32.2. The summed E-state index contributed by atoms with van der Waals surface area (Å²) < 4.78 is 32.3. The number of sulfonamides is 1. The molecule has 0 saturated carbocycles. The van der Waals surface area contributed by atoms with Gasteiger partial charge in [-0.15, -0.1) is 0 Å². The first kappa shape index (κ1) is 30.7. The third-order valence-corrected chi connectivity index (χ3v) is 7.45. The third kappa shape index (κ3) is 8.58. The van der Waals surface area contributed by atoms with Gasteiger partial charge in [0.1, 0.15) is 18.3 Å². The minimum Gasteiger partial charge on any atom is -0.497 e. The van der Waals surface area contributed by atoms with Crippen LogP contribution in [0.2, 0.25) is 0 Å². The number of nitrogens with zero attached hydrogens (tertiary/aromatic N) is 2. The molecule has 9 heteroatoms. The number of methoxy groups -OCH3 is 1. The van der Waals surface area contributed by atoms with Gasteiger partial charge in [-0.3, -0.25) is 13.9 Å². The predicted octanol–water partition coefficient (Wildman–Crippen LogP) is 4.32. The Morgan fingerprint density at radius 3 is 2.15 bits per heavy atom. The van der Waals surface area contributed by atoms with Crippen molar-refractivity contribution in [3.63, 3.8) is 0 Å². The van der Waals surface area contributed by atoms with Crippen LogP contribution in [0, 0.1) is 6.92 Å². The van der Waals surface area contributed by atoms with Gasteiger partial charge in [0.25, 0.3) is 0 Å². The predicted molar refractivity (Wildman–Crippen MR) is 159 cm³/mol. The molecule has 2 amide bonds. The summed E-state index contributed by atoms with van der Waals surface area (Å²) in [7, 11) is -2.26. The van der Waals surface area contributed by atoms with Crippen LogP contribution in [0.4, 0.5) is 5.69 Å². The molecule has 0 bridgehead atoms. The number of amides is 2. The Labute approximate surface area is 238 Å². The molecule has 0 saturated heterocycles. The molecule has 0 aliphatic heterocycles. The summed E-state index contributed by atoms with van der Waals surface area (Å²) in [6, 6.07) is 22.8. The molecule has 0 aliphatic rings. The van der Waals surface area contributed by atoms with Crippen LogP contribution in [-0.2, 0) is 32.6 Å². The molecule has 40 heavy (non-hydrogen) atoms. The van der Waals surface area contributed by atoms with Crippen LogP contribution < -0.4 is 14.4 Å². The second-order valence-corrected chi connectivity index (χ2v) is 12.8. The van der Waals surface area contributed by atoms with Gasteiger partial charge in [0.15, 0.2) is 0 Å². The minimum atomic E-state index is -3.82. The summed E-state index contributed by atoms with van der Waals surface area (Å²) in [6.07, 6.45) is 1.33. The molecular formula is C31H39N3O5S. The molecule has 0 spiro atoms. The van der Waals surface area contributed by atoms with Crippen molar-refractivity contribution in [3.05, 3.63) is 95.6 Å². The Morgan fingerprint density at radius 2 is 1.55 bits per heavy atom. The van der Waals surface area contributed by atoms with Crippen molar-refractivity contribution in [2.24, 2.45) is 0 Å². The van der Waals surface area contributed by atoms with Gasteiger partial charge >= 0.3 is 0 Å². The molecule has 0 heterocycles. The second-order valence-electron chi connectivity index (χ2n) is 10.9. The van der Waals surface area contributed by atoms with Crippen LogP contribution in [0.25, 0.3) is 0 Å². The van der Waals surface area contributed by atoms with E-state index in [2.05, 4.69) is 5.32 Å². The average molecular weight is 566 g/mol. The molecule has 0 unspecified atom stereocenters. The van der Waals surface area contributed by atoms with Gasteiger partial charge in [-0.05, 0) is 62.6 Å². The molecule has 3 rings (SSSR count). The van der Waals surface area contributed by atoms with E-state index in [1.54, 1.807) is 44.4 Å². The number of nitrogens with one attached hydrogen (secondary N) is 1. The van der Waals surface area contributed by atoms with E-state index in [1.807, 2.05) is 69.3 Å². The summed E-state index contributed by atoms with van der Waals surface area (Å²) in [5.74, 6) is -0.211. The number of aryl methyl sites for hydroxylation is 1. The van der Waals surface area contributed by atoms with Gasteiger partial charge in [0, 0.05) is 18.5 Å².